The fourth-order valence-corrected chi connectivity index (χ4v) is 11.2. The number of rotatable bonds is 7. The number of nitrogens with zero attached hydrogens (tertiary/aromatic N) is 2. The quantitative estimate of drug-likeness (QED) is 0.216. The lowest BCUT2D eigenvalue weighted by atomic mass is 9.40. The summed E-state index contributed by atoms with van der Waals surface area (Å²) in [5.74, 6) is 1.23. The van der Waals surface area contributed by atoms with Crippen LogP contribution in [0.4, 0.5) is 0 Å². The summed E-state index contributed by atoms with van der Waals surface area (Å²) in [6, 6.07) is 7.37. The van der Waals surface area contributed by atoms with Gasteiger partial charge in [0.25, 0.3) is 11.1 Å². The van der Waals surface area contributed by atoms with Gasteiger partial charge in [-0.2, -0.15) is 0 Å². The zero-order valence-electron chi connectivity index (χ0n) is 27.2. The Hall–Kier alpha value is -2.77. The molecule has 0 N–H and O–H groups in total. The van der Waals surface area contributed by atoms with Crippen molar-refractivity contribution in [1.82, 2.24) is 9.36 Å². The Bertz CT molecular complexity index is 1680. The number of allylic oxidation sites excluding steroid dienone is 4. The number of benzene rings is 1. The molecule has 3 heterocycles. The van der Waals surface area contributed by atoms with Crippen LogP contribution < -0.4 is 11.1 Å². The third kappa shape index (κ3) is 3.66. The molecule has 2 aliphatic heterocycles. The van der Waals surface area contributed by atoms with Gasteiger partial charge in [0.05, 0.1) is 28.0 Å². The van der Waals surface area contributed by atoms with Gasteiger partial charge in [-0.1, -0.05) is 65.0 Å². The van der Waals surface area contributed by atoms with Crippen molar-refractivity contribution in [3.63, 3.8) is 0 Å². The van der Waals surface area contributed by atoms with Crippen molar-refractivity contribution in [2.75, 3.05) is 13.9 Å². The van der Waals surface area contributed by atoms with E-state index < -0.39 is 11.1 Å². The molecular formula is C37H48N2O5. The van der Waals surface area contributed by atoms with Crippen LogP contribution in [-0.4, -0.2) is 35.2 Å². The number of fused-ring (bicyclic) bond motifs is 2. The zero-order chi connectivity index (χ0) is 31.2. The number of carbonyl (C=O) groups is 1. The summed E-state index contributed by atoms with van der Waals surface area (Å²) in [6.45, 7) is 11.2. The summed E-state index contributed by atoms with van der Waals surface area (Å²) in [5, 5.41) is 1.00. The van der Waals surface area contributed by atoms with Gasteiger partial charge < -0.3 is 9.47 Å². The average Bonchev–Trinajstić information content (AvgIpc) is 3.38. The minimum Gasteiger partial charge on any atom is -0.359 e. The van der Waals surface area contributed by atoms with Gasteiger partial charge in [0.15, 0.2) is 5.78 Å². The highest BCUT2D eigenvalue weighted by molar-refractivity contribution is 5.91. The molecule has 6 aliphatic rings. The van der Waals surface area contributed by atoms with Crippen molar-refractivity contribution in [3.05, 3.63) is 69.3 Å². The molecule has 3 fully saturated rings. The number of hydrogen-bond donors (Lipinski definition) is 0. The van der Waals surface area contributed by atoms with Gasteiger partial charge in [-0.05, 0) is 85.8 Å². The molecule has 2 bridgehead atoms. The summed E-state index contributed by atoms with van der Waals surface area (Å²) in [4.78, 5) is 42.0. The fourth-order valence-electron chi connectivity index (χ4n) is 11.2. The van der Waals surface area contributed by atoms with Gasteiger partial charge in [-0.3, -0.25) is 14.4 Å². The maximum atomic E-state index is 14.8. The first-order valence-electron chi connectivity index (χ1n) is 16.8. The Balaban J connectivity index is 1.44. The van der Waals surface area contributed by atoms with E-state index in [1.165, 1.54) is 0 Å². The molecule has 0 saturated heterocycles. The van der Waals surface area contributed by atoms with Gasteiger partial charge in [-0.25, -0.2) is 9.36 Å². The topological polar surface area (TPSA) is 79.5 Å². The average molecular weight is 601 g/mol. The van der Waals surface area contributed by atoms with E-state index >= 15 is 0 Å². The monoisotopic (exact) mass is 600 g/mol. The van der Waals surface area contributed by atoms with Gasteiger partial charge in [0, 0.05) is 24.9 Å². The fraction of sp³-hybridized carbons (Fsp3) is 0.649. The highest BCUT2D eigenvalue weighted by Gasteiger charge is 2.74. The number of hydrogen-bond acceptors (Lipinski definition) is 5. The Labute approximate surface area is 260 Å². The normalized spacial score (nSPS) is 39.3. The molecule has 1 aromatic carbocycles. The minimum atomic E-state index is -0.657. The van der Waals surface area contributed by atoms with E-state index in [9.17, 15) is 14.4 Å². The van der Waals surface area contributed by atoms with Crippen LogP contribution in [0.25, 0.3) is 10.8 Å². The molecule has 1 aromatic heterocycles. The number of carbonyl (C=O) groups excluding carboxylic acids is 1. The van der Waals surface area contributed by atoms with Crippen LogP contribution in [-0.2, 0) is 25.3 Å². The SMILES string of the molecule is COCOC1CC[C@]2(C)[C@H]3CC[C@]4(C)[C@@H]([C@H](C)C=CC(=O)C(C)C)CC[C@H]4C34C=CC2(C1)n1c(=O)c2ccccc2c(=O)n14. The Morgan fingerprint density at radius 1 is 0.955 bits per heavy atom. The summed E-state index contributed by atoms with van der Waals surface area (Å²) >= 11 is 0. The van der Waals surface area contributed by atoms with Gasteiger partial charge in [-0.15, -0.1) is 0 Å². The van der Waals surface area contributed by atoms with Crippen LogP contribution in [0.15, 0.2) is 58.2 Å². The standard InChI is InChI=1S/C37H48N2O5/c1-23(2)29(40)13-11-24(3)28-12-14-30-34(28,4)17-16-31-35(5)18-15-25(44-22-43-6)21-36(35)19-20-37(30,31)39-33(42)27-10-8-7-9-26(27)32(41)38(36)39/h7-11,13,19-20,23-25,28,30-31H,12,14-18,21-22H2,1-6H3/t24-,25?,28-,30-,31-,34-,35-,36?,37?/m1/s1. The molecule has 2 spiro atoms. The predicted molar refractivity (Wildman–Crippen MR) is 171 cm³/mol. The number of aromatic nitrogens is 2. The van der Waals surface area contributed by atoms with Crippen LogP contribution >= 0.6 is 0 Å². The number of methoxy groups -OCH3 is 1. The maximum Gasteiger partial charge on any atom is 0.274 e. The maximum absolute atomic E-state index is 14.8. The molecule has 0 radical (unpaired) electrons. The van der Waals surface area contributed by atoms with Crippen molar-refractivity contribution >= 4 is 16.6 Å². The van der Waals surface area contributed by atoms with E-state index in [1.54, 1.807) is 13.2 Å². The van der Waals surface area contributed by atoms with E-state index in [2.05, 4.69) is 39.0 Å². The second kappa shape index (κ2) is 10.1. The Morgan fingerprint density at radius 2 is 1.66 bits per heavy atom. The highest BCUT2D eigenvalue weighted by Crippen LogP contribution is 2.74. The van der Waals surface area contributed by atoms with Gasteiger partial charge in [0.1, 0.15) is 6.79 Å². The van der Waals surface area contributed by atoms with E-state index in [0.29, 0.717) is 23.1 Å². The zero-order valence-corrected chi connectivity index (χ0v) is 27.2. The van der Waals surface area contributed by atoms with Crippen LogP contribution in [0.1, 0.15) is 79.6 Å². The Morgan fingerprint density at radius 3 is 2.34 bits per heavy atom. The first kappa shape index (κ1) is 29.9. The lowest BCUT2D eigenvalue weighted by Crippen LogP contribution is -2.78. The molecule has 44 heavy (non-hydrogen) atoms. The molecule has 236 valence electrons. The second-order valence-corrected chi connectivity index (χ2v) is 15.4. The van der Waals surface area contributed by atoms with Crippen molar-refractivity contribution in [1.29, 1.82) is 0 Å². The summed E-state index contributed by atoms with van der Waals surface area (Å²) in [7, 11) is 1.64. The molecule has 0 amide bonds. The summed E-state index contributed by atoms with van der Waals surface area (Å²) in [6.07, 6.45) is 15.2. The molecule has 3 unspecified atom stereocenters. The van der Waals surface area contributed by atoms with Crippen LogP contribution in [0.3, 0.4) is 0 Å². The Kier molecular flexibility index (Phi) is 6.88. The molecule has 9 atom stereocenters. The lowest BCUT2D eigenvalue weighted by molar-refractivity contribution is -0.211. The van der Waals surface area contributed by atoms with E-state index in [0.717, 1.165) is 38.5 Å². The number of ether oxygens (including phenoxy) is 2. The summed E-state index contributed by atoms with van der Waals surface area (Å²) < 4.78 is 15.3. The molecule has 7 nitrogen and oxygen atoms in total. The van der Waals surface area contributed by atoms with Gasteiger partial charge >= 0.3 is 0 Å². The molecule has 2 aromatic rings. The summed E-state index contributed by atoms with van der Waals surface area (Å²) in [5.41, 5.74) is -1.62. The van der Waals surface area contributed by atoms with Crippen LogP contribution in [0.5, 0.6) is 0 Å². The second-order valence-electron chi connectivity index (χ2n) is 15.4. The smallest absolute Gasteiger partial charge is 0.274 e. The molecular weight excluding hydrogens is 552 g/mol. The van der Waals surface area contributed by atoms with Crippen molar-refractivity contribution in [2.45, 2.75) is 96.7 Å². The third-order valence-electron chi connectivity index (χ3n) is 13.3. The van der Waals surface area contributed by atoms with Crippen molar-refractivity contribution in [2.24, 2.45) is 40.4 Å². The first-order valence-corrected chi connectivity index (χ1v) is 16.8. The van der Waals surface area contributed by atoms with Crippen LogP contribution in [0.2, 0.25) is 0 Å². The van der Waals surface area contributed by atoms with E-state index in [-0.39, 0.29) is 64.3 Å². The molecule has 4 aliphatic carbocycles. The van der Waals surface area contributed by atoms with Crippen molar-refractivity contribution in [3.8, 4) is 0 Å². The van der Waals surface area contributed by atoms with Crippen LogP contribution in [0, 0.1) is 40.4 Å². The minimum absolute atomic E-state index is 0.0122. The van der Waals surface area contributed by atoms with E-state index in [1.807, 2.05) is 47.5 Å². The molecule has 7 heteroatoms. The van der Waals surface area contributed by atoms with Gasteiger partial charge in [0.2, 0.25) is 0 Å². The third-order valence-corrected chi connectivity index (χ3v) is 13.3. The number of ketones is 1. The largest absolute Gasteiger partial charge is 0.359 e. The highest BCUT2D eigenvalue weighted by atomic mass is 16.7. The molecule has 8 rings (SSSR count). The van der Waals surface area contributed by atoms with Crippen molar-refractivity contribution < 1.29 is 14.3 Å². The lowest BCUT2D eigenvalue weighted by Gasteiger charge is -2.72. The predicted octanol–water partition coefficient (Wildman–Crippen LogP) is 6.18. The first-order chi connectivity index (χ1) is 21.0. The molecule has 3 saturated carbocycles. The van der Waals surface area contributed by atoms with E-state index in [4.69, 9.17) is 9.47 Å².